The number of nitrogens with zero attached hydrogens (tertiary/aromatic N) is 1. The van der Waals surface area contributed by atoms with Crippen molar-refractivity contribution >= 4 is 16.9 Å². The molecule has 1 amide bonds. The van der Waals surface area contributed by atoms with Crippen molar-refractivity contribution < 1.29 is 9.53 Å². The molecule has 25 heavy (non-hydrogen) atoms. The van der Waals surface area contributed by atoms with Crippen molar-refractivity contribution in [2.75, 3.05) is 0 Å². The molecule has 0 N–H and O–H groups in total. The predicted molar refractivity (Wildman–Crippen MR) is 103 cm³/mol. The smallest absolute Gasteiger partial charge is 0.411 e. The molecular formula is C22H29NO2. The zero-order valence-electron chi connectivity index (χ0n) is 15.8. The Balaban J connectivity index is 1.98. The van der Waals surface area contributed by atoms with E-state index in [2.05, 4.69) is 49.4 Å². The number of rotatable bonds is 3. The van der Waals surface area contributed by atoms with Gasteiger partial charge in [0.2, 0.25) is 0 Å². The molecule has 2 aromatic rings. The van der Waals surface area contributed by atoms with Gasteiger partial charge in [-0.3, -0.25) is 4.90 Å². The fourth-order valence-corrected chi connectivity index (χ4v) is 3.89. The highest BCUT2D eigenvalue weighted by Crippen LogP contribution is 2.35. The van der Waals surface area contributed by atoms with Crippen LogP contribution in [0.3, 0.4) is 0 Å². The lowest BCUT2D eigenvalue weighted by Crippen LogP contribution is -2.43. The van der Waals surface area contributed by atoms with Gasteiger partial charge in [0, 0.05) is 6.04 Å². The maximum atomic E-state index is 13.0. The first-order valence-electron chi connectivity index (χ1n) is 9.36. The number of carbonyl (C=O) groups is 1. The predicted octanol–water partition coefficient (Wildman–Crippen LogP) is 6.08. The van der Waals surface area contributed by atoms with E-state index in [1.165, 1.54) is 29.2 Å². The van der Waals surface area contributed by atoms with Crippen molar-refractivity contribution in [1.82, 2.24) is 4.90 Å². The molecule has 0 unspecified atom stereocenters. The summed E-state index contributed by atoms with van der Waals surface area (Å²) in [6, 6.07) is 15.0. The average molecular weight is 339 g/mol. The molecule has 1 atom stereocenters. The van der Waals surface area contributed by atoms with E-state index in [4.69, 9.17) is 4.74 Å². The van der Waals surface area contributed by atoms with Crippen LogP contribution in [0.5, 0.6) is 0 Å². The lowest BCUT2D eigenvalue weighted by atomic mass is 9.97. The molecule has 0 radical (unpaired) electrons. The number of hydrogen-bond donors (Lipinski definition) is 0. The third-order valence-electron chi connectivity index (χ3n) is 5.01. The molecule has 1 aliphatic rings. The summed E-state index contributed by atoms with van der Waals surface area (Å²) < 4.78 is 5.75. The second kappa shape index (κ2) is 7.07. The van der Waals surface area contributed by atoms with Crippen molar-refractivity contribution in [3.63, 3.8) is 0 Å². The number of fused-ring (bicyclic) bond motifs is 1. The fraction of sp³-hybridized carbons (Fsp3) is 0.500. The molecule has 0 aliphatic heterocycles. The van der Waals surface area contributed by atoms with Gasteiger partial charge in [-0.15, -0.1) is 0 Å². The Kier molecular flexibility index (Phi) is 5.03. The highest BCUT2D eigenvalue weighted by Gasteiger charge is 2.34. The van der Waals surface area contributed by atoms with E-state index in [9.17, 15) is 4.79 Å². The zero-order valence-corrected chi connectivity index (χ0v) is 15.8. The van der Waals surface area contributed by atoms with E-state index in [1.54, 1.807) is 0 Å². The van der Waals surface area contributed by atoms with Gasteiger partial charge in [-0.1, -0.05) is 55.3 Å². The van der Waals surface area contributed by atoms with Crippen LogP contribution in [0.15, 0.2) is 42.5 Å². The van der Waals surface area contributed by atoms with Gasteiger partial charge in [0.15, 0.2) is 0 Å². The monoisotopic (exact) mass is 339 g/mol. The summed E-state index contributed by atoms with van der Waals surface area (Å²) in [5.41, 5.74) is 0.711. The van der Waals surface area contributed by atoms with E-state index in [1.807, 2.05) is 25.7 Å². The second-order valence-electron chi connectivity index (χ2n) is 8.07. The highest BCUT2D eigenvalue weighted by molar-refractivity contribution is 5.86. The Morgan fingerprint density at radius 3 is 2.40 bits per heavy atom. The molecule has 134 valence electrons. The summed E-state index contributed by atoms with van der Waals surface area (Å²) in [7, 11) is 0. The molecule has 1 saturated carbocycles. The molecule has 3 heteroatoms. The van der Waals surface area contributed by atoms with Crippen molar-refractivity contribution in [1.29, 1.82) is 0 Å². The van der Waals surface area contributed by atoms with Crippen molar-refractivity contribution in [3.05, 3.63) is 48.0 Å². The molecule has 1 fully saturated rings. The van der Waals surface area contributed by atoms with E-state index >= 15 is 0 Å². The Bertz CT molecular complexity index is 736. The van der Waals surface area contributed by atoms with Gasteiger partial charge in [0.25, 0.3) is 0 Å². The summed E-state index contributed by atoms with van der Waals surface area (Å²) in [5, 5.41) is 2.42. The maximum absolute atomic E-state index is 13.0. The van der Waals surface area contributed by atoms with Crippen LogP contribution in [-0.2, 0) is 4.74 Å². The minimum absolute atomic E-state index is 0.0101. The van der Waals surface area contributed by atoms with Crippen LogP contribution in [0, 0.1) is 0 Å². The molecule has 3 rings (SSSR count). The number of benzene rings is 2. The molecule has 2 aromatic carbocycles. The van der Waals surface area contributed by atoms with Crippen LogP contribution in [0.1, 0.15) is 65.0 Å². The lowest BCUT2D eigenvalue weighted by Gasteiger charge is -2.36. The minimum atomic E-state index is -0.480. The van der Waals surface area contributed by atoms with Crippen molar-refractivity contribution in [2.45, 2.75) is 71.1 Å². The quantitative estimate of drug-likeness (QED) is 0.678. The Labute approximate surface area is 151 Å². The normalized spacial score (nSPS) is 16.8. The molecule has 0 heterocycles. The largest absolute Gasteiger partial charge is 0.444 e. The summed E-state index contributed by atoms with van der Waals surface area (Å²) >= 11 is 0. The number of hydrogen-bond acceptors (Lipinski definition) is 2. The molecule has 3 nitrogen and oxygen atoms in total. The van der Waals surface area contributed by atoms with Crippen LogP contribution in [0.25, 0.3) is 10.8 Å². The molecule has 1 aliphatic carbocycles. The summed E-state index contributed by atoms with van der Waals surface area (Å²) in [6.45, 7) is 7.92. The standard InChI is InChI=1S/C22H29NO2/c1-16(19-15-9-11-17-10-5-8-14-20(17)19)23(18-12-6-7-13-18)21(24)25-22(2,3)4/h5,8-11,14-16,18H,6-7,12-13H2,1-4H3/t16-/m1/s1. The highest BCUT2D eigenvalue weighted by atomic mass is 16.6. The van der Waals surface area contributed by atoms with Gasteiger partial charge in [-0.25, -0.2) is 4.79 Å². The Hall–Kier alpha value is -2.03. The Morgan fingerprint density at radius 2 is 1.72 bits per heavy atom. The molecule has 0 saturated heterocycles. The topological polar surface area (TPSA) is 29.5 Å². The lowest BCUT2D eigenvalue weighted by molar-refractivity contribution is 0.00709. The average Bonchev–Trinajstić information content (AvgIpc) is 3.06. The van der Waals surface area contributed by atoms with E-state index in [-0.39, 0.29) is 18.2 Å². The van der Waals surface area contributed by atoms with Gasteiger partial charge < -0.3 is 4.74 Å². The number of ether oxygens (including phenoxy) is 1. The summed E-state index contributed by atoms with van der Waals surface area (Å²) in [4.78, 5) is 15.0. The van der Waals surface area contributed by atoms with Crippen LogP contribution in [-0.4, -0.2) is 22.6 Å². The third kappa shape index (κ3) is 3.97. The first-order valence-corrected chi connectivity index (χ1v) is 9.36. The minimum Gasteiger partial charge on any atom is -0.444 e. The fourth-order valence-electron chi connectivity index (χ4n) is 3.89. The van der Waals surface area contributed by atoms with Crippen LogP contribution < -0.4 is 0 Å². The van der Waals surface area contributed by atoms with Gasteiger partial charge >= 0.3 is 6.09 Å². The van der Waals surface area contributed by atoms with E-state index < -0.39 is 5.60 Å². The number of carbonyl (C=O) groups excluding carboxylic acids is 1. The van der Waals surface area contributed by atoms with E-state index in [0.717, 1.165) is 12.8 Å². The summed E-state index contributed by atoms with van der Waals surface area (Å²) in [6.07, 6.45) is 4.31. The van der Waals surface area contributed by atoms with Crippen LogP contribution >= 0.6 is 0 Å². The molecular weight excluding hydrogens is 310 g/mol. The maximum Gasteiger partial charge on any atom is 0.411 e. The van der Waals surface area contributed by atoms with Gasteiger partial charge in [-0.05, 0) is 56.9 Å². The first kappa shape index (κ1) is 17.8. The SMILES string of the molecule is C[C@H](c1cccc2ccccc12)N(C(=O)OC(C)(C)C)C1CCCC1. The van der Waals surface area contributed by atoms with E-state index in [0.29, 0.717) is 0 Å². The zero-order chi connectivity index (χ0) is 18.0. The third-order valence-corrected chi connectivity index (χ3v) is 5.01. The van der Waals surface area contributed by atoms with Gasteiger partial charge in [0.05, 0.1) is 6.04 Å². The number of amides is 1. The van der Waals surface area contributed by atoms with Crippen LogP contribution in [0.4, 0.5) is 4.79 Å². The molecule has 0 aromatic heterocycles. The molecule has 0 spiro atoms. The summed E-state index contributed by atoms with van der Waals surface area (Å²) in [5.74, 6) is 0. The second-order valence-corrected chi connectivity index (χ2v) is 8.07. The Morgan fingerprint density at radius 1 is 1.08 bits per heavy atom. The van der Waals surface area contributed by atoms with Gasteiger partial charge in [-0.2, -0.15) is 0 Å². The van der Waals surface area contributed by atoms with Crippen molar-refractivity contribution in [2.24, 2.45) is 0 Å². The van der Waals surface area contributed by atoms with Gasteiger partial charge in [0.1, 0.15) is 5.60 Å². The van der Waals surface area contributed by atoms with Crippen LogP contribution in [0.2, 0.25) is 0 Å². The van der Waals surface area contributed by atoms with Crippen molar-refractivity contribution in [3.8, 4) is 0 Å². The first-order chi connectivity index (χ1) is 11.9. The molecule has 0 bridgehead atoms.